The highest BCUT2D eigenvalue weighted by atomic mass is 19.4. The van der Waals surface area contributed by atoms with Gasteiger partial charge in [0.2, 0.25) is 5.95 Å². The molecule has 1 aromatic heterocycles. The minimum atomic E-state index is -4.73. The van der Waals surface area contributed by atoms with Gasteiger partial charge < -0.3 is 30.0 Å². The van der Waals surface area contributed by atoms with Crippen LogP contribution in [0.1, 0.15) is 29.5 Å². The Bertz CT molecular complexity index is 1580. The zero-order chi connectivity index (χ0) is 32.0. The number of rotatable bonds is 10. The molecule has 0 amide bonds. The van der Waals surface area contributed by atoms with Crippen LogP contribution >= 0.6 is 0 Å². The summed E-state index contributed by atoms with van der Waals surface area (Å²) in [5.41, 5.74) is 10.9. The van der Waals surface area contributed by atoms with Crippen LogP contribution in [0.4, 0.5) is 24.9 Å². The van der Waals surface area contributed by atoms with E-state index in [0.29, 0.717) is 24.2 Å². The maximum atomic E-state index is 12.4. The molecule has 2 unspecified atom stereocenters. The summed E-state index contributed by atoms with van der Waals surface area (Å²) in [7, 11) is 0. The number of anilines is 2. The lowest BCUT2D eigenvalue weighted by atomic mass is 9.88. The number of nitrogens with zero attached hydrogens (tertiary/aromatic N) is 4. The van der Waals surface area contributed by atoms with Crippen molar-refractivity contribution in [3.05, 3.63) is 59.2 Å². The van der Waals surface area contributed by atoms with E-state index >= 15 is 0 Å². The second-order valence-corrected chi connectivity index (χ2v) is 12.5. The van der Waals surface area contributed by atoms with Gasteiger partial charge in [-0.15, -0.1) is 13.2 Å². The van der Waals surface area contributed by atoms with E-state index in [2.05, 4.69) is 24.5 Å². The van der Waals surface area contributed by atoms with Gasteiger partial charge in [0.25, 0.3) is 0 Å². The molecule has 7 rings (SSSR count). The molecule has 4 aliphatic rings. The molecule has 1 aliphatic heterocycles. The van der Waals surface area contributed by atoms with E-state index in [-0.39, 0.29) is 30.3 Å². The van der Waals surface area contributed by atoms with Gasteiger partial charge in [-0.05, 0) is 79.0 Å². The highest BCUT2D eigenvalue weighted by Crippen LogP contribution is 2.58. The van der Waals surface area contributed by atoms with Gasteiger partial charge in [0, 0.05) is 43.9 Å². The number of aromatic nitrogens is 2. The molecule has 0 radical (unpaired) electrons. The Balaban J connectivity index is 0.932. The summed E-state index contributed by atoms with van der Waals surface area (Å²) >= 11 is 0. The Kier molecular flexibility index (Phi) is 8.14. The van der Waals surface area contributed by atoms with Crippen LogP contribution in [-0.2, 0) is 29.0 Å². The lowest BCUT2D eigenvalue weighted by molar-refractivity contribution is -0.274. The number of fused-ring (bicyclic) bond motifs is 4. The van der Waals surface area contributed by atoms with Crippen molar-refractivity contribution in [1.82, 2.24) is 14.9 Å². The highest BCUT2D eigenvalue weighted by molar-refractivity contribution is 5.76. The molecule has 3 aromatic rings. The molecule has 2 aromatic carbocycles. The summed E-state index contributed by atoms with van der Waals surface area (Å²) in [4.78, 5) is 25.2. The van der Waals surface area contributed by atoms with Crippen molar-refractivity contribution in [2.45, 2.75) is 44.8 Å². The van der Waals surface area contributed by atoms with E-state index in [4.69, 9.17) is 15.2 Å². The van der Waals surface area contributed by atoms with Crippen LogP contribution in [0.2, 0.25) is 0 Å². The number of carboxylic acids is 1. The summed E-state index contributed by atoms with van der Waals surface area (Å²) in [5.74, 6) is 1.32. The minimum absolute atomic E-state index is 0.146. The van der Waals surface area contributed by atoms with Crippen molar-refractivity contribution in [2.75, 3.05) is 50.0 Å². The van der Waals surface area contributed by atoms with Gasteiger partial charge in [-0.1, -0.05) is 12.1 Å². The van der Waals surface area contributed by atoms with Gasteiger partial charge in [0.15, 0.2) is 0 Å². The summed E-state index contributed by atoms with van der Waals surface area (Å²) in [5, 5.41) is 9.21. The van der Waals surface area contributed by atoms with Crippen LogP contribution < -0.4 is 20.1 Å². The SMILES string of the molecule is Nc1nc2c(c(N3CCN(CCOC4C[C@@H]5C(C(=O)O)[C@@H]5C4)CC3)n1)CCc1cc(OCc3ccc(OC(F)(F)F)cc3)ccc1-2. The molecule has 13 heteroatoms. The number of piperazine rings is 1. The smallest absolute Gasteiger partial charge is 0.489 e. The lowest BCUT2D eigenvalue weighted by Crippen LogP contribution is -2.48. The Morgan fingerprint density at radius 3 is 2.39 bits per heavy atom. The number of halogens is 3. The van der Waals surface area contributed by atoms with Crippen molar-refractivity contribution in [3.8, 4) is 22.8 Å². The first-order valence-corrected chi connectivity index (χ1v) is 15.7. The van der Waals surface area contributed by atoms with Crippen molar-refractivity contribution in [2.24, 2.45) is 17.8 Å². The van der Waals surface area contributed by atoms with E-state index in [1.165, 1.54) is 12.1 Å². The van der Waals surface area contributed by atoms with Crippen molar-refractivity contribution in [1.29, 1.82) is 0 Å². The zero-order valence-electron chi connectivity index (χ0n) is 25.2. The third-order valence-corrected chi connectivity index (χ3v) is 9.66. The van der Waals surface area contributed by atoms with Crippen molar-refractivity contribution in [3.63, 3.8) is 0 Å². The first-order valence-electron chi connectivity index (χ1n) is 15.7. The van der Waals surface area contributed by atoms with Crippen LogP contribution in [-0.4, -0.2) is 77.7 Å². The predicted molar refractivity (Wildman–Crippen MR) is 162 cm³/mol. The molecule has 1 saturated heterocycles. The number of carboxylic acid groups (broad SMARTS) is 1. The third kappa shape index (κ3) is 6.57. The number of benzene rings is 2. The Hall–Kier alpha value is -4.10. The Labute approximate surface area is 264 Å². The van der Waals surface area contributed by atoms with E-state index in [9.17, 15) is 23.1 Å². The molecular formula is C33H36F3N5O5. The summed E-state index contributed by atoms with van der Waals surface area (Å²) in [6.07, 6.45) is -1.24. The van der Waals surface area contributed by atoms with Crippen LogP contribution in [0.15, 0.2) is 42.5 Å². The predicted octanol–water partition coefficient (Wildman–Crippen LogP) is 4.55. The summed E-state index contributed by atoms with van der Waals surface area (Å²) in [6.45, 7) is 5.11. The number of alkyl halides is 3. The van der Waals surface area contributed by atoms with Crippen LogP contribution in [0.5, 0.6) is 11.5 Å². The van der Waals surface area contributed by atoms with Gasteiger partial charge in [-0.3, -0.25) is 9.69 Å². The van der Waals surface area contributed by atoms with Gasteiger partial charge in [0.05, 0.1) is 24.3 Å². The highest BCUT2D eigenvalue weighted by Gasteiger charge is 2.60. The lowest BCUT2D eigenvalue weighted by Gasteiger charge is -2.37. The normalized spacial score (nSPS) is 23.8. The number of aryl methyl sites for hydroxylation is 1. The molecule has 46 heavy (non-hydrogen) atoms. The molecule has 2 saturated carbocycles. The largest absolute Gasteiger partial charge is 0.573 e. The molecule has 2 heterocycles. The molecule has 4 atom stereocenters. The maximum Gasteiger partial charge on any atom is 0.573 e. The van der Waals surface area contributed by atoms with Crippen molar-refractivity contribution < 1.29 is 37.3 Å². The molecule has 3 aliphatic carbocycles. The standard InChI is InChI=1S/C33H36F3N5O5/c34-33(35,36)46-21-4-1-19(2-5-21)18-45-22-6-8-24-20(15-22)3-7-25-29(24)38-32(37)39-30(25)41-11-9-40(10-12-41)13-14-44-23-16-26-27(17-23)28(26)31(42)43/h1-2,4-6,8,15,23,26-28H,3,7,9-14,16-18H2,(H,42,43)(H2,37,38,39)/t23?,26-,27+,28?. The van der Waals surface area contributed by atoms with Crippen LogP contribution in [0.25, 0.3) is 11.3 Å². The number of nitrogen functional groups attached to an aromatic ring is 1. The molecule has 10 nitrogen and oxygen atoms in total. The quantitative estimate of drug-likeness (QED) is 0.327. The van der Waals surface area contributed by atoms with E-state index in [1.54, 1.807) is 12.1 Å². The van der Waals surface area contributed by atoms with E-state index < -0.39 is 12.3 Å². The van der Waals surface area contributed by atoms with E-state index in [0.717, 1.165) is 92.2 Å². The van der Waals surface area contributed by atoms with Gasteiger partial charge >= 0.3 is 12.3 Å². The monoisotopic (exact) mass is 639 g/mol. The fraction of sp³-hybridized carbons (Fsp3) is 0.485. The third-order valence-electron chi connectivity index (χ3n) is 9.66. The number of ether oxygens (including phenoxy) is 3. The fourth-order valence-corrected chi connectivity index (χ4v) is 7.34. The first-order chi connectivity index (χ1) is 22.1. The second-order valence-electron chi connectivity index (χ2n) is 12.5. The number of aliphatic carboxylic acids is 1. The van der Waals surface area contributed by atoms with Crippen LogP contribution in [0.3, 0.4) is 0 Å². The number of carbonyl (C=O) groups is 1. The summed E-state index contributed by atoms with van der Waals surface area (Å²) in [6, 6.07) is 11.5. The van der Waals surface area contributed by atoms with E-state index in [1.807, 2.05) is 18.2 Å². The molecule has 244 valence electrons. The zero-order valence-corrected chi connectivity index (χ0v) is 25.2. The van der Waals surface area contributed by atoms with Gasteiger partial charge in [-0.25, -0.2) is 4.98 Å². The van der Waals surface area contributed by atoms with Crippen LogP contribution in [0, 0.1) is 17.8 Å². The van der Waals surface area contributed by atoms with Crippen molar-refractivity contribution >= 4 is 17.7 Å². The topological polar surface area (TPSA) is 123 Å². The Morgan fingerprint density at radius 1 is 0.978 bits per heavy atom. The average molecular weight is 640 g/mol. The molecule has 0 bridgehead atoms. The number of nitrogens with two attached hydrogens (primary N) is 1. The summed E-state index contributed by atoms with van der Waals surface area (Å²) < 4.78 is 53.3. The fourth-order valence-electron chi connectivity index (χ4n) is 7.34. The first kappa shape index (κ1) is 30.5. The molecular weight excluding hydrogens is 603 g/mol. The second kappa shape index (κ2) is 12.3. The maximum absolute atomic E-state index is 12.4. The van der Waals surface area contributed by atoms with Gasteiger partial charge in [0.1, 0.15) is 23.9 Å². The van der Waals surface area contributed by atoms with Gasteiger partial charge in [-0.2, -0.15) is 4.98 Å². The molecule has 3 fully saturated rings. The Morgan fingerprint density at radius 2 is 1.70 bits per heavy atom. The number of hydrogen-bond acceptors (Lipinski definition) is 9. The molecule has 3 N–H and O–H groups in total. The molecule has 0 spiro atoms. The number of hydrogen-bond donors (Lipinski definition) is 2. The minimum Gasteiger partial charge on any atom is -0.489 e. The average Bonchev–Trinajstić information content (AvgIpc) is 3.55.